The molecule has 2 aromatic rings. The van der Waals surface area contributed by atoms with E-state index in [1.807, 2.05) is 30.3 Å². The second-order valence-electron chi connectivity index (χ2n) is 6.32. The molecular formula is C19H24FNO. The molecule has 0 spiro atoms. The summed E-state index contributed by atoms with van der Waals surface area (Å²) in [5, 5.41) is 3.10. The van der Waals surface area contributed by atoms with E-state index in [2.05, 4.69) is 26.1 Å². The van der Waals surface area contributed by atoms with E-state index in [1.54, 1.807) is 12.1 Å². The summed E-state index contributed by atoms with van der Waals surface area (Å²) >= 11 is 0. The first-order chi connectivity index (χ1) is 10.5. The summed E-state index contributed by atoms with van der Waals surface area (Å²) in [6.45, 7) is 7.71. The lowest BCUT2D eigenvalue weighted by atomic mass is 9.92. The Labute approximate surface area is 132 Å². The highest BCUT2D eigenvalue weighted by atomic mass is 19.1. The van der Waals surface area contributed by atoms with Gasteiger partial charge in [0.15, 0.2) is 0 Å². The molecule has 2 rings (SSSR count). The Hall–Kier alpha value is -1.87. The highest BCUT2D eigenvalue weighted by Crippen LogP contribution is 2.23. The van der Waals surface area contributed by atoms with Crippen molar-refractivity contribution in [3.63, 3.8) is 0 Å². The molecule has 0 aliphatic carbocycles. The molecule has 0 aliphatic rings. The van der Waals surface area contributed by atoms with E-state index < -0.39 is 0 Å². The van der Waals surface area contributed by atoms with E-state index in [1.165, 1.54) is 6.07 Å². The zero-order chi connectivity index (χ0) is 16.0. The van der Waals surface area contributed by atoms with Crippen LogP contribution >= 0.6 is 0 Å². The van der Waals surface area contributed by atoms with Gasteiger partial charge in [-0.15, -0.1) is 0 Å². The molecule has 0 amide bonds. The van der Waals surface area contributed by atoms with E-state index in [4.69, 9.17) is 4.74 Å². The monoisotopic (exact) mass is 301 g/mol. The van der Waals surface area contributed by atoms with E-state index in [9.17, 15) is 4.39 Å². The van der Waals surface area contributed by atoms with Crippen molar-refractivity contribution in [2.45, 2.75) is 33.8 Å². The van der Waals surface area contributed by atoms with Crippen molar-refractivity contribution in [3.05, 3.63) is 59.9 Å². The van der Waals surface area contributed by atoms with Gasteiger partial charge in [-0.2, -0.15) is 0 Å². The Morgan fingerprint density at radius 1 is 1.09 bits per heavy atom. The first-order valence-electron chi connectivity index (χ1n) is 7.68. The van der Waals surface area contributed by atoms with Crippen LogP contribution in [0.5, 0.6) is 0 Å². The average Bonchev–Trinajstić information content (AvgIpc) is 2.51. The third-order valence-corrected chi connectivity index (χ3v) is 3.80. The molecule has 0 atom stereocenters. The molecule has 0 radical (unpaired) electrons. The number of hydrogen-bond acceptors (Lipinski definition) is 2. The van der Waals surface area contributed by atoms with Crippen molar-refractivity contribution in [3.8, 4) is 0 Å². The molecule has 3 heteroatoms. The van der Waals surface area contributed by atoms with E-state index in [0.717, 1.165) is 17.7 Å². The van der Waals surface area contributed by atoms with Gasteiger partial charge in [-0.1, -0.05) is 45.0 Å². The van der Waals surface area contributed by atoms with E-state index in [0.29, 0.717) is 18.9 Å². The summed E-state index contributed by atoms with van der Waals surface area (Å²) in [7, 11) is 0. The van der Waals surface area contributed by atoms with Gasteiger partial charge in [0.05, 0.1) is 18.9 Å². The maximum Gasteiger partial charge on any atom is 0.146 e. The molecule has 1 N–H and O–H groups in total. The Bertz CT molecular complexity index is 596. The largest absolute Gasteiger partial charge is 0.376 e. The summed E-state index contributed by atoms with van der Waals surface area (Å²) in [6, 6.07) is 14.6. The lowest BCUT2D eigenvalue weighted by Crippen LogP contribution is -2.17. The van der Waals surface area contributed by atoms with Crippen LogP contribution in [0.25, 0.3) is 0 Å². The van der Waals surface area contributed by atoms with Gasteiger partial charge < -0.3 is 10.1 Å². The molecule has 0 unspecified atom stereocenters. The molecule has 0 bridgehead atoms. The smallest absolute Gasteiger partial charge is 0.146 e. The summed E-state index contributed by atoms with van der Waals surface area (Å²) in [6.07, 6.45) is 1.07. The van der Waals surface area contributed by atoms with Crippen LogP contribution in [0.4, 0.5) is 15.8 Å². The molecule has 0 saturated heterocycles. The van der Waals surface area contributed by atoms with Crippen molar-refractivity contribution in [2.75, 3.05) is 11.9 Å². The van der Waals surface area contributed by atoms with Crippen LogP contribution < -0.4 is 5.32 Å². The van der Waals surface area contributed by atoms with Crippen LogP contribution in [0.2, 0.25) is 0 Å². The summed E-state index contributed by atoms with van der Waals surface area (Å²) in [5.74, 6) is -0.263. The van der Waals surface area contributed by atoms with Crippen molar-refractivity contribution < 1.29 is 9.13 Å². The molecule has 22 heavy (non-hydrogen) atoms. The molecule has 2 aromatic carbocycles. The van der Waals surface area contributed by atoms with Crippen LogP contribution in [0, 0.1) is 11.2 Å². The third kappa shape index (κ3) is 4.85. The minimum Gasteiger partial charge on any atom is -0.376 e. The topological polar surface area (TPSA) is 21.3 Å². The van der Waals surface area contributed by atoms with Gasteiger partial charge in [0.2, 0.25) is 0 Å². The van der Waals surface area contributed by atoms with Gasteiger partial charge in [-0.3, -0.25) is 0 Å². The second-order valence-corrected chi connectivity index (χ2v) is 6.32. The van der Waals surface area contributed by atoms with Crippen molar-refractivity contribution in [1.82, 2.24) is 0 Å². The molecule has 0 heterocycles. The number of hydrogen-bond donors (Lipinski definition) is 1. The zero-order valence-electron chi connectivity index (χ0n) is 13.5. The number of benzene rings is 2. The minimum absolute atomic E-state index is 0.172. The Morgan fingerprint density at radius 2 is 1.82 bits per heavy atom. The van der Waals surface area contributed by atoms with Crippen LogP contribution in [0.15, 0.2) is 48.5 Å². The molecule has 0 aromatic heterocycles. The van der Waals surface area contributed by atoms with Gasteiger partial charge in [0.25, 0.3) is 0 Å². The zero-order valence-corrected chi connectivity index (χ0v) is 13.5. The van der Waals surface area contributed by atoms with Gasteiger partial charge in [0, 0.05) is 5.69 Å². The van der Waals surface area contributed by atoms with E-state index in [-0.39, 0.29) is 11.2 Å². The second kappa shape index (κ2) is 7.41. The van der Waals surface area contributed by atoms with Gasteiger partial charge >= 0.3 is 0 Å². The summed E-state index contributed by atoms with van der Waals surface area (Å²) in [4.78, 5) is 0. The molecule has 118 valence electrons. The summed E-state index contributed by atoms with van der Waals surface area (Å²) in [5.41, 5.74) is 2.48. The Kier molecular flexibility index (Phi) is 5.56. The molecular weight excluding hydrogens is 277 g/mol. The number of rotatable bonds is 7. The SMILES string of the molecule is CCC(C)(C)COCc1ccc(F)c(Nc2ccccc2)c1. The van der Waals surface area contributed by atoms with Crippen molar-refractivity contribution >= 4 is 11.4 Å². The highest BCUT2D eigenvalue weighted by molar-refractivity contribution is 5.60. The number of ether oxygens (including phenoxy) is 1. The number of anilines is 2. The Balaban J connectivity index is 2.01. The fourth-order valence-electron chi connectivity index (χ4n) is 1.98. The van der Waals surface area contributed by atoms with Gasteiger partial charge in [-0.05, 0) is 41.7 Å². The lowest BCUT2D eigenvalue weighted by molar-refractivity contribution is 0.0495. The standard InChI is InChI=1S/C19H24FNO/c1-4-19(2,3)14-22-13-15-10-11-17(20)18(12-15)21-16-8-6-5-7-9-16/h5-12,21H,4,13-14H2,1-3H3. The molecule has 0 saturated carbocycles. The first-order valence-corrected chi connectivity index (χ1v) is 7.68. The number of para-hydroxylation sites is 1. The van der Waals surface area contributed by atoms with E-state index >= 15 is 0 Å². The van der Waals surface area contributed by atoms with Crippen LogP contribution in [0.1, 0.15) is 32.8 Å². The predicted octanol–water partition coefficient (Wildman–Crippen LogP) is 5.52. The number of halogens is 1. The quantitative estimate of drug-likeness (QED) is 0.726. The van der Waals surface area contributed by atoms with Gasteiger partial charge in [-0.25, -0.2) is 4.39 Å². The maximum atomic E-state index is 13.9. The summed E-state index contributed by atoms with van der Waals surface area (Å²) < 4.78 is 19.7. The molecule has 0 aliphatic heterocycles. The fraction of sp³-hybridized carbons (Fsp3) is 0.368. The number of nitrogens with one attached hydrogen (secondary N) is 1. The van der Waals surface area contributed by atoms with Crippen LogP contribution in [0.3, 0.4) is 0 Å². The van der Waals surface area contributed by atoms with Crippen molar-refractivity contribution in [2.24, 2.45) is 5.41 Å². The first kappa shape index (κ1) is 16.5. The lowest BCUT2D eigenvalue weighted by Gasteiger charge is -2.22. The highest BCUT2D eigenvalue weighted by Gasteiger charge is 2.15. The van der Waals surface area contributed by atoms with Crippen LogP contribution in [-0.4, -0.2) is 6.61 Å². The minimum atomic E-state index is -0.263. The molecule has 2 nitrogen and oxygen atoms in total. The fourth-order valence-corrected chi connectivity index (χ4v) is 1.98. The average molecular weight is 301 g/mol. The Morgan fingerprint density at radius 3 is 2.50 bits per heavy atom. The normalized spacial score (nSPS) is 11.5. The van der Waals surface area contributed by atoms with Crippen LogP contribution in [-0.2, 0) is 11.3 Å². The van der Waals surface area contributed by atoms with Gasteiger partial charge in [0.1, 0.15) is 5.82 Å². The predicted molar refractivity (Wildman–Crippen MR) is 89.9 cm³/mol. The third-order valence-electron chi connectivity index (χ3n) is 3.80. The maximum absolute atomic E-state index is 13.9. The molecule has 0 fully saturated rings. The van der Waals surface area contributed by atoms with Crippen molar-refractivity contribution in [1.29, 1.82) is 0 Å².